The van der Waals surface area contributed by atoms with Gasteiger partial charge in [-0.1, -0.05) is 23.4 Å². The number of aryl methyl sites for hydroxylation is 1. The highest BCUT2D eigenvalue weighted by Gasteiger charge is 2.33. The number of hydrogen-bond donors (Lipinski definition) is 1. The van der Waals surface area contributed by atoms with E-state index in [2.05, 4.69) is 21.4 Å². The SMILES string of the molecule is O=C([C@H]1CCc2ccccc2O1)N1CCc2[nH]nc(-c3ccno3)c2C1. The van der Waals surface area contributed by atoms with E-state index in [1.54, 1.807) is 12.3 Å². The Kier molecular flexibility index (Phi) is 3.51. The van der Waals surface area contributed by atoms with Crippen molar-refractivity contribution in [2.24, 2.45) is 0 Å². The first-order valence-corrected chi connectivity index (χ1v) is 8.80. The molecule has 0 aliphatic carbocycles. The fraction of sp³-hybridized carbons (Fsp3) is 0.316. The van der Waals surface area contributed by atoms with Crippen molar-refractivity contribution in [1.29, 1.82) is 0 Å². The largest absolute Gasteiger partial charge is 0.480 e. The van der Waals surface area contributed by atoms with Crippen molar-refractivity contribution in [3.63, 3.8) is 0 Å². The third-order valence-electron chi connectivity index (χ3n) is 5.11. The van der Waals surface area contributed by atoms with Gasteiger partial charge >= 0.3 is 0 Å². The third kappa shape index (κ3) is 2.47. The Morgan fingerprint density at radius 2 is 2.15 bits per heavy atom. The van der Waals surface area contributed by atoms with Crippen LogP contribution in [0.3, 0.4) is 0 Å². The number of aromatic amines is 1. The number of nitrogens with zero attached hydrogens (tertiary/aromatic N) is 3. The highest BCUT2D eigenvalue weighted by Crippen LogP contribution is 2.31. The van der Waals surface area contributed by atoms with Crippen LogP contribution >= 0.6 is 0 Å². The molecule has 0 saturated carbocycles. The lowest BCUT2D eigenvalue weighted by Crippen LogP contribution is -2.45. The number of carbonyl (C=O) groups is 1. The van der Waals surface area contributed by atoms with Gasteiger partial charge in [0.15, 0.2) is 11.9 Å². The van der Waals surface area contributed by atoms with Crippen molar-refractivity contribution < 1.29 is 14.1 Å². The predicted octanol–water partition coefficient (Wildman–Crippen LogP) is 2.34. The average molecular weight is 350 g/mol. The smallest absolute Gasteiger partial charge is 0.263 e. The number of nitrogens with one attached hydrogen (secondary N) is 1. The summed E-state index contributed by atoms with van der Waals surface area (Å²) in [5.41, 5.74) is 3.94. The second-order valence-electron chi connectivity index (χ2n) is 6.67. The molecule has 2 aromatic heterocycles. The first kappa shape index (κ1) is 15.2. The van der Waals surface area contributed by atoms with Gasteiger partial charge < -0.3 is 14.2 Å². The second kappa shape index (κ2) is 6.01. The Morgan fingerprint density at radius 3 is 3.04 bits per heavy atom. The van der Waals surface area contributed by atoms with Gasteiger partial charge in [0.2, 0.25) is 0 Å². The Morgan fingerprint density at radius 1 is 1.23 bits per heavy atom. The summed E-state index contributed by atoms with van der Waals surface area (Å²) in [5.74, 6) is 1.47. The molecule has 2 aliphatic rings. The van der Waals surface area contributed by atoms with E-state index in [-0.39, 0.29) is 5.91 Å². The number of carbonyl (C=O) groups excluding carboxylic acids is 1. The Hall–Kier alpha value is -3.09. The lowest BCUT2D eigenvalue weighted by molar-refractivity contribution is -0.140. The normalized spacial score (nSPS) is 18.8. The molecular weight excluding hydrogens is 332 g/mol. The van der Waals surface area contributed by atoms with E-state index >= 15 is 0 Å². The topological polar surface area (TPSA) is 84.2 Å². The van der Waals surface area contributed by atoms with Crippen LogP contribution in [0, 0.1) is 0 Å². The molecule has 5 rings (SSSR count). The number of rotatable bonds is 2. The van der Waals surface area contributed by atoms with E-state index in [0.29, 0.717) is 25.3 Å². The molecule has 132 valence electrons. The second-order valence-corrected chi connectivity index (χ2v) is 6.67. The van der Waals surface area contributed by atoms with E-state index in [0.717, 1.165) is 35.5 Å². The van der Waals surface area contributed by atoms with Crippen LogP contribution in [0.2, 0.25) is 0 Å². The summed E-state index contributed by atoms with van der Waals surface area (Å²) in [6.45, 7) is 1.16. The number of hydrogen-bond acceptors (Lipinski definition) is 5. The summed E-state index contributed by atoms with van der Waals surface area (Å²) in [4.78, 5) is 14.9. The molecule has 3 aromatic rings. The van der Waals surface area contributed by atoms with Crippen LogP contribution in [0.1, 0.15) is 23.2 Å². The van der Waals surface area contributed by atoms with E-state index in [1.165, 1.54) is 5.56 Å². The van der Waals surface area contributed by atoms with Crippen molar-refractivity contribution in [2.45, 2.75) is 31.9 Å². The van der Waals surface area contributed by atoms with Crippen LogP contribution in [0.25, 0.3) is 11.5 Å². The van der Waals surface area contributed by atoms with E-state index < -0.39 is 6.10 Å². The van der Waals surface area contributed by atoms with Gasteiger partial charge in [-0.2, -0.15) is 5.10 Å². The molecule has 1 amide bonds. The van der Waals surface area contributed by atoms with Crippen molar-refractivity contribution in [3.05, 3.63) is 53.3 Å². The summed E-state index contributed by atoms with van der Waals surface area (Å²) < 4.78 is 11.2. The number of H-pyrrole nitrogens is 1. The third-order valence-corrected chi connectivity index (χ3v) is 5.11. The summed E-state index contributed by atoms with van der Waals surface area (Å²) in [6, 6.07) is 9.70. The quantitative estimate of drug-likeness (QED) is 0.767. The number of aromatic nitrogens is 3. The Labute approximate surface area is 149 Å². The Bertz CT molecular complexity index is 948. The maximum absolute atomic E-state index is 13.0. The number of fused-ring (bicyclic) bond motifs is 2. The van der Waals surface area contributed by atoms with Crippen molar-refractivity contribution in [2.75, 3.05) is 6.54 Å². The van der Waals surface area contributed by atoms with Crippen LogP contribution in [-0.4, -0.2) is 38.8 Å². The Balaban J connectivity index is 1.36. The van der Waals surface area contributed by atoms with E-state index in [1.807, 2.05) is 23.1 Å². The molecule has 2 aliphatic heterocycles. The van der Waals surface area contributed by atoms with Gasteiger partial charge in [0, 0.05) is 36.8 Å². The molecule has 4 heterocycles. The number of para-hydroxylation sites is 1. The zero-order valence-electron chi connectivity index (χ0n) is 14.1. The van der Waals surface area contributed by atoms with Crippen molar-refractivity contribution in [1.82, 2.24) is 20.3 Å². The van der Waals surface area contributed by atoms with Crippen molar-refractivity contribution in [3.8, 4) is 17.2 Å². The fourth-order valence-electron chi connectivity index (χ4n) is 3.73. The maximum atomic E-state index is 13.0. The van der Waals surface area contributed by atoms with Crippen molar-refractivity contribution >= 4 is 5.91 Å². The molecule has 7 nitrogen and oxygen atoms in total. The molecule has 1 N–H and O–H groups in total. The molecule has 1 atom stereocenters. The summed E-state index contributed by atoms with van der Waals surface area (Å²) in [7, 11) is 0. The molecule has 0 bridgehead atoms. The van der Waals surface area contributed by atoms with Gasteiger partial charge in [-0.05, 0) is 24.5 Å². The van der Waals surface area contributed by atoms with Crippen LogP contribution in [-0.2, 0) is 24.2 Å². The highest BCUT2D eigenvalue weighted by molar-refractivity contribution is 5.82. The van der Waals surface area contributed by atoms with E-state index in [4.69, 9.17) is 9.26 Å². The maximum Gasteiger partial charge on any atom is 0.263 e. The van der Waals surface area contributed by atoms with Gasteiger partial charge in [-0.25, -0.2) is 0 Å². The molecule has 26 heavy (non-hydrogen) atoms. The predicted molar refractivity (Wildman–Crippen MR) is 92.4 cm³/mol. The molecular formula is C19H18N4O3. The zero-order chi connectivity index (χ0) is 17.5. The van der Waals surface area contributed by atoms with Gasteiger partial charge in [-0.15, -0.1) is 0 Å². The summed E-state index contributed by atoms with van der Waals surface area (Å²) in [6.07, 6.45) is 3.48. The van der Waals surface area contributed by atoms with Crippen LogP contribution in [0.15, 0.2) is 41.1 Å². The molecule has 7 heteroatoms. The first-order chi connectivity index (χ1) is 12.8. The van der Waals surface area contributed by atoms with Gasteiger partial charge in [0.05, 0.1) is 6.20 Å². The zero-order valence-corrected chi connectivity index (χ0v) is 14.1. The average Bonchev–Trinajstić information content (AvgIpc) is 3.35. The van der Waals surface area contributed by atoms with Crippen LogP contribution in [0.5, 0.6) is 5.75 Å². The molecule has 0 radical (unpaired) electrons. The summed E-state index contributed by atoms with van der Waals surface area (Å²) in [5, 5.41) is 11.2. The molecule has 1 aromatic carbocycles. The highest BCUT2D eigenvalue weighted by atomic mass is 16.5. The van der Waals surface area contributed by atoms with Crippen LogP contribution < -0.4 is 4.74 Å². The molecule has 0 fully saturated rings. The van der Waals surface area contributed by atoms with Gasteiger partial charge in [-0.3, -0.25) is 9.89 Å². The first-order valence-electron chi connectivity index (χ1n) is 8.80. The van der Waals surface area contributed by atoms with Gasteiger partial charge in [0.25, 0.3) is 5.91 Å². The number of ether oxygens (including phenoxy) is 1. The molecule has 0 spiro atoms. The minimum Gasteiger partial charge on any atom is -0.480 e. The molecule has 0 unspecified atom stereocenters. The monoisotopic (exact) mass is 350 g/mol. The summed E-state index contributed by atoms with van der Waals surface area (Å²) >= 11 is 0. The number of benzene rings is 1. The van der Waals surface area contributed by atoms with Gasteiger partial charge in [0.1, 0.15) is 11.4 Å². The molecule has 0 saturated heterocycles. The number of amides is 1. The minimum absolute atomic E-state index is 0.0369. The lowest BCUT2D eigenvalue weighted by atomic mass is 9.99. The lowest BCUT2D eigenvalue weighted by Gasteiger charge is -2.32. The fourth-order valence-corrected chi connectivity index (χ4v) is 3.73. The van der Waals surface area contributed by atoms with Crippen LogP contribution in [0.4, 0.5) is 0 Å². The minimum atomic E-state index is -0.424. The standard InChI is InChI=1S/C19H18N4O3/c24-19(17-6-5-12-3-1-2-4-15(12)25-17)23-10-8-14-13(11-23)18(22-21-14)16-7-9-20-26-16/h1-4,7,9,17H,5-6,8,10-11H2,(H,21,22)/t17-/m1/s1. The van der Waals surface area contributed by atoms with E-state index in [9.17, 15) is 4.79 Å².